The average Bonchev–Trinajstić information content (AvgIpc) is 3.06. The number of halogens is 1. The third kappa shape index (κ3) is 2.38. The maximum Gasteiger partial charge on any atom is 0.283 e. The highest BCUT2D eigenvalue weighted by atomic mass is 35.5. The largest absolute Gasteiger partial charge is 0.283 e. The van der Waals surface area contributed by atoms with Crippen molar-refractivity contribution in [2.75, 3.05) is 0 Å². The van der Waals surface area contributed by atoms with Crippen LogP contribution in [0.5, 0.6) is 0 Å². The molecule has 0 bridgehead atoms. The van der Waals surface area contributed by atoms with E-state index in [0.29, 0.717) is 26.0 Å². The lowest BCUT2D eigenvalue weighted by Crippen LogP contribution is -2.13. The molecule has 26 heavy (non-hydrogen) atoms. The predicted octanol–water partition coefficient (Wildman–Crippen LogP) is 4.48. The van der Waals surface area contributed by atoms with E-state index in [1.54, 1.807) is 12.1 Å². The molecule has 0 aliphatic rings. The topological polar surface area (TPSA) is 60.1 Å². The Labute approximate surface area is 156 Å². The van der Waals surface area contributed by atoms with Crippen LogP contribution >= 0.6 is 22.9 Å². The fraction of sp³-hybridized carbons (Fsp3) is 0.0526. The number of hydrogen-bond acceptors (Lipinski definition) is 5. The van der Waals surface area contributed by atoms with Gasteiger partial charge in [-0.1, -0.05) is 34.6 Å². The first-order valence-corrected chi connectivity index (χ1v) is 9.15. The molecule has 0 aliphatic carbocycles. The summed E-state index contributed by atoms with van der Waals surface area (Å²) in [4.78, 5) is 23.3. The van der Waals surface area contributed by atoms with Crippen molar-refractivity contribution in [2.24, 2.45) is 0 Å². The quantitative estimate of drug-likeness (QED) is 0.403. The zero-order valence-electron chi connectivity index (χ0n) is 13.6. The van der Waals surface area contributed by atoms with Gasteiger partial charge < -0.3 is 0 Å². The molecule has 0 aliphatic heterocycles. The monoisotopic (exact) mass is 378 g/mol. The molecule has 2 aromatic carbocycles. The van der Waals surface area contributed by atoms with Crippen LogP contribution in [0.15, 0.2) is 53.3 Å². The van der Waals surface area contributed by atoms with Crippen LogP contribution in [0.4, 0.5) is 0 Å². The standard InChI is InChI=1S/C19H11ClN4OS/c1-10-2-7-15-12(8-10)9-14-17(21-15)26-19-22-16(23-24(19)18(14)25)11-3-5-13(20)6-4-11/h2-9H,1H3. The molecule has 0 spiro atoms. The average molecular weight is 379 g/mol. The first-order chi connectivity index (χ1) is 12.6. The highest BCUT2D eigenvalue weighted by Gasteiger charge is 2.14. The van der Waals surface area contributed by atoms with E-state index in [4.69, 9.17) is 11.6 Å². The summed E-state index contributed by atoms with van der Waals surface area (Å²) >= 11 is 7.29. The molecule has 0 unspecified atom stereocenters. The lowest BCUT2D eigenvalue weighted by atomic mass is 10.1. The van der Waals surface area contributed by atoms with Crippen LogP contribution in [0.2, 0.25) is 5.02 Å². The minimum atomic E-state index is -0.211. The Balaban J connectivity index is 1.81. The van der Waals surface area contributed by atoms with E-state index in [1.165, 1.54) is 15.9 Å². The Morgan fingerprint density at radius 2 is 1.85 bits per heavy atom. The van der Waals surface area contributed by atoms with Gasteiger partial charge in [-0.15, -0.1) is 5.10 Å². The Bertz CT molecular complexity index is 1370. The van der Waals surface area contributed by atoms with Gasteiger partial charge in [-0.3, -0.25) is 4.79 Å². The third-order valence-corrected chi connectivity index (χ3v) is 5.43. The first-order valence-electron chi connectivity index (χ1n) is 7.95. The van der Waals surface area contributed by atoms with Crippen LogP contribution in [-0.4, -0.2) is 19.6 Å². The number of rotatable bonds is 1. The molecule has 0 atom stereocenters. The van der Waals surface area contributed by atoms with Gasteiger partial charge in [-0.2, -0.15) is 9.50 Å². The van der Waals surface area contributed by atoms with Crippen molar-refractivity contribution >= 4 is 49.0 Å². The number of hydrogen-bond donors (Lipinski definition) is 0. The van der Waals surface area contributed by atoms with Crippen LogP contribution in [0.3, 0.4) is 0 Å². The van der Waals surface area contributed by atoms with Crippen LogP contribution < -0.4 is 5.56 Å². The van der Waals surface area contributed by atoms with Crippen LogP contribution in [-0.2, 0) is 0 Å². The van der Waals surface area contributed by atoms with Gasteiger partial charge in [0.05, 0.1) is 10.9 Å². The summed E-state index contributed by atoms with van der Waals surface area (Å²) in [7, 11) is 0. The molecule has 3 heterocycles. The molecule has 0 saturated carbocycles. The predicted molar refractivity (Wildman–Crippen MR) is 105 cm³/mol. The molecule has 0 N–H and O–H groups in total. The maximum atomic E-state index is 12.9. The van der Waals surface area contributed by atoms with Gasteiger partial charge in [0.25, 0.3) is 5.56 Å². The van der Waals surface area contributed by atoms with E-state index in [9.17, 15) is 4.79 Å². The van der Waals surface area contributed by atoms with Crippen molar-refractivity contribution in [3.63, 3.8) is 0 Å². The van der Waals surface area contributed by atoms with E-state index in [0.717, 1.165) is 22.0 Å². The number of nitrogens with zero attached hydrogens (tertiary/aromatic N) is 4. The lowest BCUT2D eigenvalue weighted by Gasteiger charge is -2.01. The van der Waals surface area contributed by atoms with Gasteiger partial charge in [0.1, 0.15) is 4.83 Å². The summed E-state index contributed by atoms with van der Waals surface area (Å²) < 4.78 is 1.35. The molecule has 5 aromatic rings. The first kappa shape index (κ1) is 15.4. The SMILES string of the molecule is Cc1ccc2nc3sc4nc(-c5ccc(Cl)cc5)nn4c(=O)c3cc2c1. The number of aryl methyl sites for hydroxylation is 1. The Morgan fingerprint density at radius 3 is 2.65 bits per heavy atom. The molecular weight excluding hydrogens is 368 g/mol. The maximum absolute atomic E-state index is 12.9. The van der Waals surface area contributed by atoms with Crippen LogP contribution in [0.25, 0.3) is 37.5 Å². The zero-order valence-corrected chi connectivity index (χ0v) is 15.2. The van der Waals surface area contributed by atoms with E-state index in [2.05, 4.69) is 15.1 Å². The summed E-state index contributed by atoms with van der Waals surface area (Å²) in [5.74, 6) is 0.491. The summed E-state index contributed by atoms with van der Waals surface area (Å²) in [6.07, 6.45) is 0. The van der Waals surface area contributed by atoms with E-state index < -0.39 is 0 Å². The van der Waals surface area contributed by atoms with E-state index >= 15 is 0 Å². The van der Waals surface area contributed by atoms with Crippen molar-refractivity contribution in [3.05, 3.63) is 69.5 Å². The van der Waals surface area contributed by atoms with Crippen molar-refractivity contribution in [1.82, 2.24) is 19.6 Å². The molecular formula is C19H11ClN4OS. The van der Waals surface area contributed by atoms with Crippen molar-refractivity contribution < 1.29 is 0 Å². The Kier molecular flexibility index (Phi) is 3.32. The van der Waals surface area contributed by atoms with Crippen molar-refractivity contribution in [3.8, 4) is 11.4 Å². The second-order valence-corrected chi connectivity index (χ2v) is 7.47. The van der Waals surface area contributed by atoms with Gasteiger partial charge in [0.15, 0.2) is 5.82 Å². The molecule has 0 radical (unpaired) electrons. The number of pyridine rings is 1. The van der Waals surface area contributed by atoms with Crippen molar-refractivity contribution in [2.45, 2.75) is 6.92 Å². The highest BCUT2D eigenvalue weighted by molar-refractivity contribution is 7.22. The van der Waals surface area contributed by atoms with E-state index in [-0.39, 0.29) is 5.56 Å². The molecule has 0 saturated heterocycles. The third-order valence-electron chi connectivity index (χ3n) is 4.23. The Morgan fingerprint density at radius 1 is 1.04 bits per heavy atom. The summed E-state index contributed by atoms with van der Waals surface area (Å²) in [6, 6.07) is 15.1. The van der Waals surface area contributed by atoms with Gasteiger partial charge in [0, 0.05) is 16.0 Å². The van der Waals surface area contributed by atoms with Gasteiger partial charge in [-0.25, -0.2) is 4.98 Å². The normalized spacial score (nSPS) is 11.6. The molecule has 3 aromatic heterocycles. The molecule has 0 fully saturated rings. The smallest absolute Gasteiger partial charge is 0.267 e. The summed E-state index contributed by atoms with van der Waals surface area (Å²) in [5, 5.41) is 6.53. The number of benzene rings is 2. The molecule has 0 amide bonds. The molecule has 5 nitrogen and oxygen atoms in total. The zero-order chi connectivity index (χ0) is 17.8. The molecule has 7 heteroatoms. The fourth-order valence-corrected chi connectivity index (χ4v) is 3.97. The lowest BCUT2D eigenvalue weighted by molar-refractivity contribution is 0.943. The minimum Gasteiger partial charge on any atom is -0.267 e. The highest BCUT2D eigenvalue weighted by Crippen LogP contribution is 2.25. The molecule has 126 valence electrons. The number of fused-ring (bicyclic) bond motifs is 3. The minimum absolute atomic E-state index is 0.211. The van der Waals surface area contributed by atoms with Crippen LogP contribution in [0.1, 0.15) is 5.56 Å². The van der Waals surface area contributed by atoms with Crippen LogP contribution in [0, 0.1) is 6.92 Å². The van der Waals surface area contributed by atoms with Gasteiger partial charge >= 0.3 is 0 Å². The van der Waals surface area contributed by atoms with Crippen molar-refractivity contribution in [1.29, 1.82) is 0 Å². The van der Waals surface area contributed by atoms with Gasteiger partial charge in [-0.05, 0) is 49.4 Å². The molecule has 5 rings (SSSR count). The Hall–Kier alpha value is -2.83. The summed E-state index contributed by atoms with van der Waals surface area (Å²) in [5.41, 5.74) is 2.59. The second kappa shape index (κ2) is 5.59. The van der Waals surface area contributed by atoms with E-state index in [1.807, 2.05) is 43.3 Å². The second-order valence-electron chi connectivity index (χ2n) is 6.08. The summed E-state index contributed by atoms with van der Waals surface area (Å²) in [6.45, 7) is 2.02. The number of aromatic nitrogens is 4. The fourth-order valence-electron chi connectivity index (χ4n) is 2.93. The van der Waals surface area contributed by atoms with Gasteiger partial charge in [0.2, 0.25) is 4.96 Å².